The number of benzene rings is 1. The lowest BCUT2D eigenvalue weighted by Crippen LogP contribution is -2.20. The summed E-state index contributed by atoms with van der Waals surface area (Å²) in [5.41, 5.74) is 1.13. The van der Waals surface area contributed by atoms with E-state index in [9.17, 15) is 0 Å². The molecule has 0 heterocycles. The maximum atomic E-state index is 6.15. The summed E-state index contributed by atoms with van der Waals surface area (Å²) in [5, 5.41) is 4.19. The van der Waals surface area contributed by atoms with Gasteiger partial charge in [0.15, 0.2) is 0 Å². The first kappa shape index (κ1) is 12.1. The van der Waals surface area contributed by atoms with Crippen molar-refractivity contribution in [3.8, 4) is 11.8 Å². The molecule has 0 radical (unpaired) electrons. The third kappa shape index (κ3) is 3.58. The van der Waals surface area contributed by atoms with Gasteiger partial charge in [0.1, 0.15) is 0 Å². The van der Waals surface area contributed by atoms with Crippen LogP contribution in [-0.2, 0) is 0 Å². The van der Waals surface area contributed by atoms with Crippen LogP contribution in [0.5, 0.6) is 0 Å². The first-order valence-corrected chi connectivity index (χ1v) is 5.54. The third-order valence-electron chi connectivity index (χ3n) is 2.21. The average molecular weight is 222 g/mol. The second kappa shape index (κ2) is 6.50. The molecule has 1 aromatic carbocycles. The van der Waals surface area contributed by atoms with E-state index < -0.39 is 0 Å². The molecule has 0 aliphatic carbocycles. The van der Waals surface area contributed by atoms with E-state index >= 15 is 0 Å². The minimum atomic E-state index is 0.233. The molecule has 0 spiro atoms. The van der Waals surface area contributed by atoms with Crippen LogP contribution in [0.4, 0.5) is 0 Å². The molecule has 0 aromatic heterocycles. The lowest BCUT2D eigenvalue weighted by Gasteiger charge is -2.16. The molecule has 0 aliphatic rings. The lowest BCUT2D eigenvalue weighted by molar-refractivity contribution is 0.565. The van der Waals surface area contributed by atoms with Crippen molar-refractivity contribution in [2.24, 2.45) is 0 Å². The first-order chi connectivity index (χ1) is 7.29. The fraction of sp³-hybridized carbons (Fsp3) is 0.385. The van der Waals surface area contributed by atoms with Gasteiger partial charge in [-0.15, -0.1) is 11.8 Å². The minimum absolute atomic E-state index is 0.233. The van der Waals surface area contributed by atoms with Gasteiger partial charge in [0.25, 0.3) is 0 Å². The van der Waals surface area contributed by atoms with E-state index in [0.717, 1.165) is 23.6 Å². The van der Waals surface area contributed by atoms with Gasteiger partial charge < -0.3 is 5.32 Å². The van der Waals surface area contributed by atoms with Crippen molar-refractivity contribution in [2.75, 3.05) is 6.54 Å². The van der Waals surface area contributed by atoms with Crippen molar-refractivity contribution in [3.63, 3.8) is 0 Å². The molecule has 1 N–H and O–H groups in total. The predicted octanol–water partition coefficient (Wildman–Crippen LogP) is 3.40. The molecule has 0 aliphatic heterocycles. The summed E-state index contributed by atoms with van der Waals surface area (Å²) in [6.07, 6.45) is 0.800. The molecule has 15 heavy (non-hydrogen) atoms. The standard InChI is InChI=1S/C13H16ClN/c1-3-5-10-13(15-4-2)11-8-6-7-9-12(11)14/h6-9,13,15H,4,10H2,1-2H3. The van der Waals surface area contributed by atoms with E-state index in [1.165, 1.54) is 0 Å². The van der Waals surface area contributed by atoms with Gasteiger partial charge in [-0.2, -0.15) is 0 Å². The SMILES string of the molecule is CC#CCC(NCC)c1ccccc1Cl. The number of nitrogens with one attached hydrogen (secondary N) is 1. The topological polar surface area (TPSA) is 12.0 Å². The molecule has 1 nitrogen and oxygen atoms in total. The minimum Gasteiger partial charge on any atom is -0.309 e. The Labute approximate surface area is 96.8 Å². The van der Waals surface area contributed by atoms with Crippen molar-refractivity contribution < 1.29 is 0 Å². The zero-order valence-corrected chi connectivity index (χ0v) is 9.93. The fourth-order valence-corrected chi connectivity index (χ4v) is 1.77. The number of rotatable bonds is 4. The van der Waals surface area contributed by atoms with Crippen LogP contribution in [-0.4, -0.2) is 6.54 Å². The summed E-state index contributed by atoms with van der Waals surface area (Å²) in [6, 6.07) is 8.15. The van der Waals surface area contributed by atoms with Crippen LogP contribution in [0.1, 0.15) is 31.9 Å². The van der Waals surface area contributed by atoms with Gasteiger partial charge in [0.05, 0.1) is 0 Å². The Kier molecular flexibility index (Phi) is 5.25. The summed E-state index contributed by atoms with van der Waals surface area (Å²) in [7, 11) is 0. The van der Waals surface area contributed by atoms with Gasteiger partial charge >= 0.3 is 0 Å². The molecule has 0 bridgehead atoms. The molecule has 1 rings (SSSR count). The summed E-state index contributed by atoms with van der Waals surface area (Å²) in [5.74, 6) is 6.00. The highest BCUT2D eigenvalue weighted by molar-refractivity contribution is 6.31. The van der Waals surface area contributed by atoms with Gasteiger partial charge in [-0.3, -0.25) is 0 Å². The molecule has 0 saturated heterocycles. The number of hydrogen-bond donors (Lipinski definition) is 1. The van der Waals surface area contributed by atoms with E-state index in [1.807, 2.05) is 31.2 Å². The Bertz CT molecular complexity index is 362. The fourth-order valence-electron chi connectivity index (χ4n) is 1.50. The molecular weight excluding hydrogens is 206 g/mol. The molecule has 0 amide bonds. The van der Waals surface area contributed by atoms with E-state index in [-0.39, 0.29) is 6.04 Å². The van der Waals surface area contributed by atoms with Crippen LogP contribution >= 0.6 is 11.6 Å². The van der Waals surface area contributed by atoms with Crippen LogP contribution in [0.3, 0.4) is 0 Å². The van der Waals surface area contributed by atoms with Gasteiger partial charge in [0, 0.05) is 17.5 Å². The highest BCUT2D eigenvalue weighted by Crippen LogP contribution is 2.24. The van der Waals surface area contributed by atoms with Crippen molar-refractivity contribution in [2.45, 2.75) is 26.3 Å². The van der Waals surface area contributed by atoms with Crippen LogP contribution in [0.25, 0.3) is 0 Å². The molecule has 80 valence electrons. The van der Waals surface area contributed by atoms with E-state index in [4.69, 9.17) is 11.6 Å². The summed E-state index contributed by atoms with van der Waals surface area (Å²) < 4.78 is 0. The molecule has 1 unspecified atom stereocenters. The average Bonchev–Trinajstić information content (AvgIpc) is 2.25. The number of halogens is 1. The van der Waals surface area contributed by atoms with Gasteiger partial charge in [-0.1, -0.05) is 36.7 Å². The smallest absolute Gasteiger partial charge is 0.0454 e. The van der Waals surface area contributed by atoms with Crippen molar-refractivity contribution in [1.82, 2.24) is 5.32 Å². The molecule has 1 atom stereocenters. The van der Waals surface area contributed by atoms with E-state index in [0.29, 0.717) is 0 Å². The Morgan fingerprint density at radius 2 is 2.13 bits per heavy atom. The summed E-state index contributed by atoms with van der Waals surface area (Å²) >= 11 is 6.15. The zero-order valence-electron chi connectivity index (χ0n) is 9.18. The molecule has 0 saturated carbocycles. The monoisotopic (exact) mass is 221 g/mol. The second-order valence-electron chi connectivity index (χ2n) is 3.26. The zero-order chi connectivity index (χ0) is 11.1. The molecule has 1 aromatic rings. The normalized spacial score (nSPS) is 11.7. The Balaban J connectivity index is 2.86. The molecule has 2 heteroatoms. The summed E-state index contributed by atoms with van der Waals surface area (Å²) in [6.45, 7) is 4.86. The van der Waals surface area contributed by atoms with Crippen molar-refractivity contribution in [1.29, 1.82) is 0 Å². The number of hydrogen-bond acceptors (Lipinski definition) is 1. The van der Waals surface area contributed by atoms with Crippen molar-refractivity contribution in [3.05, 3.63) is 34.9 Å². The van der Waals surface area contributed by atoms with E-state index in [1.54, 1.807) is 0 Å². The van der Waals surface area contributed by atoms with Crippen LogP contribution in [0, 0.1) is 11.8 Å². The lowest BCUT2D eigenvalue weighted by atomic mass is 10.0. The van der Waals surface area contributed by atoms with Crippen molar-refractivity contribution >= 4 is 11.6 Å². The van der Waals surface area contributed by atoms with Gasteiger partial charge in [-0.25, -0.2) is 0 Å². The summed E-state index contributed by atoms with van der Waals surface area (Å²) in [4.78, 5) is 0. The Hall–Kier alpha value is -0.970. The Morgan fingerprint density at radius 1 is 1.40 bits per heavy atom. The second-order valence-corrected chi connectivity index (χ2v) is 3.67. The largest absolute Gasteiger partial charge is 0.309 e. The molecular formula is C13H16ClN. The van der Waals surface area contributed by atoms with E-state index in [2.05, 4.69) is 24.1 Å². The highest BCUT2D eigenvalue weighted by Gasteiger charge is 2.11. The van der Waals surface area contributed by atoms with Crippen LogP contribution in [0.15, 0.2) is 24.3 Å². The highest BCUT2D eigenvalue weighted by atomic mass is 35.5. The van der Waals surface area contributed by atoms with Crippen LogP contribution < -0.4 is 5.32 Å². The maximum Gasteiger partial charge on any atom is 0.0454 e. The quantitative estimate of drug-likeness (QED) is 0.769. The maximum absolute atomic E-state index is 6.15. The molecule has 0 fully saturated rings. The first-order valence-electron chi connectivity index (χ1n) is 5.17. The van der Waals surface area contributed by atoms with Gasteiger partial charge in [0.2, 0.25) is 0 Å². The van der Waals surface area contributed by atoms with Crippen LogP contribution in [0.2, 0.25) is 5.02 Å². The Morgan fingerprint density at radius 3 is 2.73 bits per heavy atom. The van der Waals surface area contributed by atoms with Gasteiger partial charge in [-0.05, 0) is 25.1 Å². The predicted molar refractivity (Wildman–Crippen MR) is 65.9 cm³/mol. The third-order valence-corrected chi connectivity index (χ3v) is 2.56.